The number of hydrogen-bond donors (Lipinski definition) is 0. The van der Waals surface area contributed by atoms with Gasteiger partial charge in [-0.3, -0.25) is 4.79 Å². The molecule has 0 N–H and O–H groups in total. The van der Waals surface area contributed by atoms with Crippen LogP contribution in [0.5, 0.6) is 5.75 Å². The van der Waals surface area contributed by atoms with Crippen LogP contribution in [0.4, 0.5) is 11.8 Å². The SMILES string of the molecule is COc1ccccc1C(=O)N1CCN(c2cc(C)nc(N3CCCC3)n2)CC1. The molecule has 4 rings (SSSR count). The fourth-order valence-electron chi connectivity index (χ4n) is 3.89. The number of ether oxygens (including phenoxy) is 1. The van der Waals surface area contributed by atoms with Gasteiger partial charge in [0.05, 0.1) is 12.7 Å². The Balaban J connectivity index is 1.45. The van der Waals surface area contributed by atoms with Gasteiger partial charge >= 0.3 is 0 Å². The van der Waals surface area contributed by atoms with Crippen molar-refractivity contribution in [2.75, 3.05) is 56.2 Å². The summed E-state index contributed by atoms with van der Waals surface area (Å²) in [6.45, 7) is 6.94. The predicted molar refractivity (Wildman–Crippen MR) is 109 cm³/mol. The van der Waals surface area contributed by atoms with E-state index in [0.717, 1.165) is 43.6 Å². The van der Waals surface area contributed by atoms with Gasteiger partial charge in [-0.25, -0.2) is 4.98 Å². The molecule has 148 valence electrons. The molecule has 0 atom stereocenters. The number of amides is 1. The van der Waals surface area contributed by atoms with Gasteiger partial charge in [0.25, 0.3) is 5.91 Å². The van der Waals surface area contributed by atoms with E-state index in [1.165, 1.54) is 12.8 Å². The second kappa shape index (κ2) is 8.04. The average molecular weight is 381 g/mol. The van der Waals surface area contributed by atoms with Gasteiger partial charge in [0.1, 0.15) is 11.6 Å². The molecule has 3 heterocycles. The molecule has 1 aromatic carbocycles. The normalized spacial score (nSPS) is 17.1. The number of anilines is 2. The van der Waals surface area contributed by atoms with Crippen molar-refractivity contribution in [1.82, 2.24) is 14.9 Å². The number of rotatable bonds is 4. The van der Waals surface area contributed by atoms with E-state index in [4.69, 9.17) is 9.72 Å². The van der Waals surface area contributed by atoms with Crippen molar-refractivity contribution in [3.63, 3.8) is 0 Å². The highest BCUT2D eigenvalue weighted by Gasteiger charge is 2.25. The summed E-state index contributed by atoms with van der Waals surface area (Å²) in [6, 6.07) is 9.44. The van der Waals surface area contributed by atoms with E-state index in [2.05, 4.69) is 14.8 Å². The highest BCUT2D eigenvalue weighted by atomic mass is 16.5. The minimum Gasteiger partial charge on any atom is -0.496 e. The van der Waals surface area contributed by atoms with Crippen LogP contribution in [0, 0.1) is 6.92 Å². The molecule has 0 spiro atoms. The smallest absolute Gasteiger partial charge is 0.257 e. The molecule has 2 aromatic rings. The zero-order valence-corrected chi connectivity index (χ0v) is 16.6. The van der Waals surface area contributed by atoms with Crippen LogP contribution in [0.15, 0.2) is 30.3 Å². The van der Waals surface area contributed by atoms with E-state index in [-0.39, 0.29) is 5.91 Å². The number of benzene rings is 1. The predicted octanol–water partition coefficient (Wildman–Crippen LogP) is 2.36. The Morgan fingerprint density at radius 1 is 0.964 bits per heavy atom. The minimum absolute atomic E-state index is 0.0220. The lowest BCUT2D eigenvalue weighted by Crippen LogP contribution is -2.49. The van der Waals surface area contributed by atoms with Gasteiger partial charge in [0.2, 0.25) is 5.95 Å². The second-order valence-electron chi connectivity index (χ2n) is 7.34. The number of piperazine rings is 1. The lowest BCUT2D eigenvalue weighted by atomic mass is 10.1. The van der Waals surface area contributed by atoms with Gasteiger partial charge in [-0.1, -0.05) is 12.1 Å². The van der Waals surface area contributed by atoms with Crippen LogP contribution < -0.4 is 14.5 Å². The van der Waals surface area contributed by atoms with Crippen molar-refractivity contribution in [2.24, 2.45) is 0 Å². The molecule has 1 amide bonds. The topological polar surface area (TPSA) is 61.8 Å². The zero-order valence-electron chi connectivity index (χ0n) is 16.6. The molecule has 1 aromatic heterocycles. The number of carbonyl (C=O) groups is 1. The molecule has 28 heavy (non-hydrogen) atoms. The number of carbonyl (C=O) groups excluding carboxylic acids is 1. The van der Waals surface area contributed by atoms with Crippen LogP contribution in [-0.2, 0) is 0 Å². The average Bonchev–Trinajstić information content (AvgIpc) is 3.28. The molecule has 0 bridgehead atoms. The molecule has 0 radical (unpaired) electrons. The summed E-state index contributed by atoms with van der Waals surface area (Å²) in [4.78, 5) is 28.7. The molecule has 0 aliphatic carbocycles. The van der Waals surface area contributed by atoms with Crippen LogP contribution >= 0.6 is 0 Å². The maximum absolute atomic E-state index is 12.9. The van der Waals surface area contributed by atoms with Crippen LogP contribution in [-0.4, -0.2) is 67.2 Å². The Morgan fingerprint density at radius 3 is 2.39 bits per heavy atom. The number of nitrogens with zero attached hydrogens (tertiary/aromatic N) is 5. The highest BCUT2D eigenvalue weighted by molar-refractivity contribution is 5.97. The number of para-hydroxylation sites is 1. The van der Waals surface area contributed by atoms with Gasteiger partial charge in [0.15, 0.2) is 0 Å². The number of hydrogen-bond acceptors (Lipinski definition) is 6. The van der Waals surface area contributed by atoms with Crippen molar-refractivity contribution in [2.45, 2.75) is 19.8 Å². The van der Waals surface area contributed by atoms with Gasteiger partial charge < -0.3 is 19.4 Å². The first-order valence-electron chi connectivity index (χ1n) is 9.93. The van der Waals surface area contributed by atoms with E-state index >= 15 is 0 Å². The van der Waals surface area contributed by atoms with Crippen molar-refractivity contribution < 1.29 is 9.53 Å². The summed E-state index contributed by atoms with van der Waals surface area (Å²) in [5, 5.41) is 0. The minimum atomic E-state index is 0.0220. The van der Waals surface area contributed by atoms with Crippen molar-refractivity contribution >= 4 is 17.7 Å². The third-order valence-electron chi connectivity index (χ3n) is 5.45. The first-order valence-corrected chi connectivity index (χ1v) is 9.93. The fourth-order valence-corrected chi connectivity index (χ4v) is 3.89. The third-order valence-corrected chi connectivity index (χ3v) is 5.45. The van der Waals surface area contributed by atoms with Crippen LogP contribution in [0.3, 0.4) is 0 Å². The summed E-state index contributed by atoms with van der Waals surface area (Å²) in [5.74, 6) is 2.43. The third kappa shape index (κ3) is 3.74. The Hall–Kier alpha value is -2.83. The van der Waals surface area contributed by atoms with Crippen LogP contribution in [0.1, 0.15) is 28.9 Å². The standard InChI is InChI=1S/C21H27N5O2/c1-16-15-19(23-21(22-16)26-9-5-6-10-26)24-11-13-25(14-12-24)20(27)17-7-3-4-8-18(17)28-2/h3-4,7-8,15H,5-6,9-14H2,1-2H3. The van der Waals surface area contributed by atoms with Gasteiger partial charge in [-0.2, -0.15) is 4.98 Å². The van der Waals surface area contributed by atoms with E-state index in [1.54, 1.807) is 7.11 Å². The van der Waals surface area contributed by atoms with Crippen molar-refractivity contribution in [3.05, 3.63) is 41.6 Å². The largest absolute Gasteiger partial charge is 0.496 e. The summed E-state index contributed by atoms with van der Waals surface area (Å²) in [6.07, 6.45) is 2.41. The molecule has 2 aliphatic rings. The molecular formula is C21H27N5O2. The lowest BCUT2D eigenvalue weighted by Gasteiger charge is -2.36. The Kier molecular flexibility index (Phi) is 5.32. The molecule has 2 saturated heterocycles. The van der Waals surface area contributed by atoms with E-state index < -0.39 is 0 Å². The molecule has 2 fully saturated rings. The molecule has 0 saturated carbocycles. The number of aryl methyl sites for hydroxylation is 1. The quantitative estimate of drug-likeness (QED) is 0.810. The maximum Gasteiger partial charge on any atom is 0.257 e. The Bertz CT molecular complexity index is 842. The number of aromatic nitrogens is 2. The van der Waals surface area contributed by atoms with Crippen LogP contribution in [0.2, 0.25) is 0 Å². The van der Waals surface area contributed by atoms with Gasteiger partial charge in [0, 0.05) is 51.0 Å². The molecule has 0 unspecified atom stereocenters. The zero-order chi connectivity index (χ0) is 19.5. The maximum atomic E-state index is 12.9. The first kappa shape index (κ1) is 18.5. The monoisotopic (exact) mass is 381 g/mol. The lowest BCUT2D eigenvalue weighted by molar-refractivity contribution is 0.0743. The van der Waals surface area contributed by atoms with E-state index in [0.29, 0.717) is 24.4 Å². The molecule has 7 nitrogen and oxygen atoms in total. The highest BCUT2D eigenvalue weighted by Crippen LogP contribution is 2.23. The Morgan fingerprint density at radius 2 is 1.68 bits per heavy atom. The fraction of sp³-hybridized carbons (Fsp3) is 0.476. The summed E-state index contributed by atoms with van der Waals surface area (Å²) < 4.78 is 5.34. The molecule has 2 aliphatic heterocycles. The van der Waals surface area contributed by atoms with Gasteiger partial charge in [-0.05, 0) is 31.9 Å². The van der Waals surface area contributed by atoms with Crippen molar-refractivity contribution in [3.8, 4) is 5.75 Å². The van der Waals surface area contributed by atoms with Gasteiger partial charge in [-0.15, -0.1) is 0 Å². The first-order chi connectivity index (χ1) is 13.7. The van der Waals surface area contributed by atoms with E-state index in [9.17, 15) is 4.79 Å². The second-order valence-corrected chi connectivity index (χ2v) is 7.34. The Labute approximate surface area is 165 Å². The summed E-state index contributed by atoms with van der Waals surface area (Å²) in [7, 11) is 1.60. The summed E-state index contributed by atoms with van der Waals surface area (Å²) >= 11 is 0. The summed E-state index contributed by atoms with van der Waals surface area (Å²) in [5.41, 5.74) is 1.60. The van der Waals surface area contributed by atoms with Crippen molar-refractivity contribution in [1.29, 1.82) is 0 Å². The van der Waals surface area contributed by atoms with E-state index in [1.807, 2.05) is 42.2 Å². The molecular weight excluding hydrogens is 354 g/mol. The molecule has 7 heteroatoms. The van der Waals surface area contributed by atoms with Crippen LogP contribution in [0.25, 0.3) is 0 Å². The number of methoxy groups -OCH3 is 1.